The van der Waals surface area contributed by atoms with Crippen molar-refractivity contribution in [3.63, 3.8) is 0 Å². The Kier molecular flexibility index (Phi) is 5.67. The van der Waals surface area contributed by atoms with Crippen molar-refractivity contribution < 1.29 is 13.6 Å². The van der Waals surface area contributed by atoms with Crippen LogP contribution in [0.5, 0.6) is 0 Å². The van der Waals surface area contributed by atoms with E-state index in [0.717, 1.165) is 38.4 Å². The number of hydrogen-bond donors (Lipinski definition) is 1. The van der Waals surface area contributed by atoms with Crippen LogP contribution in [0.4, 0.5) is 8.78 Å². The van der Waals surface area contributed by atoms with Gasteiger partial charge in [0.15, 0.2) is 11.6 Å². The summed E-state index contributed by atoms with van der Waals surface area (Å²) in [5.74, 6) is -1.40. The lowest BCUT2D eigenvalue weighted by Crippen LogP contribution is -2.40. The number of likely N-dealkylation sites (tertiary alicyclic amines) is 1. The molecule has 3 nitrogen and oxygen atoms in total. The molecule has 0 aliphatic carbocycles. The molecule has 1 amide bonds. The third-order valence-corrected chi connectivity index (χ3v) is 3.93. The molecule has 21 heavy (non-hydrogen) atoms. The molecular weight excluding hydrogens is 274 g/mol. The first-order valence-electron chi connectivity index (χ1n) is 7.54. The fourth-order valence-corrected chi connectivity index (χ4v) is 2.66. The van der Waals surface area contributed by atoms with Gasteiger partial charge in [-0.15, -0.1) is 0 Å². The largest absolute Gasteiger partial charge is 0.356 e. The Morgan fingerprint density at radius 2 is 2.05 bits per heavy atom. The van der Waals surface area contributed by atoms with Gasteiger partial charge >= 0.3 is 0 Å². The summed E-state index contributed by atoms with van der Waals surface area (Å²) < 4.78 is 26.8. The highest BCUT2D eigenvalue weighted by Gasteiger charge is 2.25. The number of rotatable bonds is 5. The van der Waals surface area contributed by atoms with Crippen LogP contribution in [0.15, 0.2) is 18.2 Å². The highest BCUT2D eigenvalue weighted by Crippen LogP contribution is 2.21. The number of nitrogens with one attached hydrogen (secondary N) is 1. The van der Waals surface area contributed by atoms with Gasteiger partial charge in [-0.3, -0.25) is 9.69 Å². The van der Waals surface area contributed by atoms with Gasteiger partial charge in [-0.2, -0.15) is 0 Å². The van der Waals surface area contributed by atoms with Gasteiger partial charge in [0, 0.05) is 24.6 Å². The van der Waals surface area contributed by atoms with Crippen molar-refractivity contribution in [3.05, 3.63) is 35.4 Å². The summed E-state index contributed by atoms with van der Waals surface area (Å²) in [7, 11) is 0. The predicted molar refractivity (Wildman–Crippen MR) is 77.7 cm³/mol. The van der Waals surface area contributed by atoms with Gasteiger partial charge in [0.2, 0.25) is 5.91 Å². The molecule has 0 saturated carbocycles. The fourth-order valence-electron chi connectivity index (χ4n) is 2.66. The van der Waals surface area contributed by atoms with Crippen molar-refractivity contribution in [2.45, 2.75) is 32.7 Å². The molecule has 1 aromatic carbocycles. The van der Waals surface area contributed by atoms with E-state index in [1.165, 1.54) is 6.07 Å². The number of halogens is 2. The van der Waals surface area contributed by atoms with Gasteiger partial charge in [0.1, 0.15) is 0 Å². The summed E-state index contributed by atoms with van der Waals surface area (Å²) in [6, 6.07) is 4.26. The van der Waals surface area contributed by atoms with Crippen molar-refractivity contribution in [1.29, 1.82) is 0 Å². The third kappa shape index (κ3) is 4.24. The van der Waals surface area contributed by atoms with Crippen LogP contribution in [0.1, 0.15) is 31.7 Å². The molecule has 0 bridgehead atoms. The van der Waals surface area contributed by atoms with Crippen LogP contribution in [0.2, 0.25) is 0 Å². The smallest absolute Gasteiger partial charge is 0.223 e. The van der Waals surface area contributed by atoms with Crippen molar-refractivity contribution in [2.75, 3.05) is 19.6 Å². The van der Waals surface area contributed by atoms with E-state index in [-0.39, 0.29) is 11.8 Å². The molecule has 0 unspecified atom stereocenters. The molecule has 0 spiro atoms. The Morgan fingerprint density at radius 3 is 2.71 bits per heavy atom. The normalized spacial score (nSPS) is 16.9. The zero-order chi connectivity index (χ0) is 15.2. The maximum atomic E-state index is 13.6. The SMILES string of the molecule is CCCNC(=O)C1CCN(Cc2cccc(F)c2F)CC1. The Morgan fingerprint density at radius 1 is 1.33 bits per heavy atom. The zero-order valence-corrected chi connectivity index (χ0v) is 12.4. The van der Waals surface area contributed by atoms with E-state index < -0.39 is 11.6 Å². The topological polar surface area (TPSA) is 32.3 Å². The lowest BCUT2D eigenvalue weighted by Gasteiger charge is -2.31. The molecule has 0 aromatic heterocycles. The van der Waals surface area contributed by atoms with E-state index in [1.54, 1.807) is 6.07 Å². The van der Waals surface area contributed by atoms with E-state index >= 15 is 0 Å². The second kappa shape index (κ2) is 7.50. The van der Waals surface area contributed by atoms with Crippen LogP contribution in [0.25, 0.3) is 0 Å². The van der Waals surface area contributed by atoms with Crippen LogP contribution < -0.4 is 5.32 Å². The number of nitrogens with zero attached hydrogens (tertiary/aromatic N) is 1. The minimum Gasteiger partial charge on any atom is -0.356 e. The number of carbonyl (C=O) groups is 1. The van der Waals surface area contributed by atoms with E-state index in [9.17, 15) is 13.6 Å². The van der Waals surface area contributed by atoms with Crippen molar-refractivity contribution in [1.82, 2.24) is 10.2 Å². The van der Waals surface area contributed by atoms with Crippen molar-refractivity contribution in [3.8, 4) is 0 Å². The Hall–Kier alpha value is -1.49. The molecule has 5 heteroatoms. The lowest BCUT2D eigenvalue weighted by atomic mass is 9.95. The van der Waals surface area contributed by atoms with Gasteiger partial charge in [-0.05, 0) is 38.4 Å². The molecule has 1 aromatic rings. The summed E-state index contributed by atoms with van der Waals surface area (Å²) in [6.45, 7) is 4.61. The summed E-state index contributed by atoms with van der Waals surface area (Å²) in [4.78, 5) is 14.0. The van der Waals surface area contributed by atoms with Crippen LogP contribution in [-0.2, 0) is 11.3 Å². The van der Waals surface area contributed by atoms with E-state index in [1.807, 2.05) is 6.92 Å². The molecular formula is C16H22F2N2O. The Balaban J connectivity index is 1.84. The maximum absolute atomic E-state index is 13.6. The van der Waals surface area contributed by atoms with Gasteiger partial charge in [-0.25, -0.2) is 8.78 Å². The van der Waals surface area contributed by atoms with Crippen LogP contribution in [0.3, 0.4) is 0 Å². The molecule has 1 aliphatic rings. The highest BCUT2D eigenvalue weighted by atomic mass is 19.2. The average molecular weight is 296 g/mol. The van der Waals surface area contributed by atoms with Crippen molar-refractivity contribution >= 4 is 5.91 Å². The zero-order valence-electron chi connectivity index (χ0n) is 12.4. The molecule has 0 radical (unpaired) electrons. The molecule has 1 N–H and O–H groups in total. The fraction of sp³-hybridized carbons (Fsp3) is 0.562. The van der Waals surface area contributed by atoms with Gasteiger partial charge in [-0.1, -0.05) is 19.1 Å². The predicted octanol–water partition coefficient (Wildman–Crippen LogP) is 2.70. The second-order valence-electron chi connectivity index (χ2n) is 5.55. The van der Waals surface area contributed by atoms with Crippen LogP contribution in [0, 0.1) is 17.6 Å². The highest BCUT2D eigenvalue weighted by molar-refractivity contribution is 5.78. The first kappa shape index (κ1) is 15.9. The molecule has 1 aliphatic heterocycles. The van der Waals surface area contributed by atoms with Gasteiger partial charge < -0.3 is 5.32 Å². The van der Waals surface area contributed by atoms with Crippen LogP contribution >= 0.6 is 0 Å². The Bertz CT molecular complexity index is 485. The molecule has 1 fully saturated rings. The number of benzene rings is 1. The maximum Gasteiger partial charge on any atom is 0.223 e. The van der Waals surface area contributed by atoms with Crippen molar-refractivity contribution in [2.24, 2.45) is 5.92 Å². The Labute approximate surface area is 124 Å². The molecule has 2 rings (SSSR count). The first-order valence-corrected chi connectivity index (χ1v) is 7.54. The summed E-state index contributed by atoms with van der Waals surface area (Å²) >= 11 is 0. The second-order valence-corrected chi connectivity index (χ2v) is 5.55. The van der Waals surface area contributed by atoms with E-state index in [2.05, 4.69) is 10.2 Å². The number of amides is 1. The lowest BCUT2D eigenvalue weighted by molar-refractivity contribution is -0.126. The van der Waals surface area contributed by atoms with Gasteiger partial charge in [0.05, 0.1) is 0 Å². The van der Waals surface area contributed by atoms with Gasteiger partial charge in [0.25, 0.3) is 0 Å². The minimum absolute atomic E-state index is 0.0464. The summed E-state index contributed by atoms with van der Waals surface area (Å²) in [5.41, 5.74) is 0.379. The summed E-state index contributed by atoms with van der Waals surface area (Å²) in [5, 5.41) is 2.92. The molecule has 0 atom stereocenters. The van der Waals surface area contributed by atoms with E-state index in [0.29, 0.717) is 18.7 Å². The van der Waals surface area contributed by atoms with Crippen LogP contribution in [-0.4, -0.2) is 30.4 Å². The number of carbonyl (C=O) groups excluding carboxylic acids is 1. The first-order chi connectivity index (χ1) is 10.1. The molecule has 116 valence electrons. The monoisotopic (exact) mass is 296 g/mol. The number of piperidine rings is 1. The summed E-state index contributed by atoms with van der Waals surface area (Å²) in [6.07, 6.45) is 2.47. The standard InChI is InChI=1S/C16H22F2N2O/c1-2-8-19-16(21)12-6-9-20(10-7-12)11-13-4-3-5-14(17)15(13)18/h3-5,12H,2,6-11H2,1H3,(H,19,21). The molecule has 1 saturated heterocycles. The minimum atomic E-state index is -0.804. The number of hydrogen-bond acceptors (Lipinski definition) is 2. The van der Waals surface area contributed by atoms with E-state index in [4.69, 9.17) is 0 Å². The third-order valence-electron chi connectivity index (χ3n) is 3.93. The average Bonchev–Trinajstić information content (AvgIpc) is 2.50. The molecule has 1 heterocycles. The quantitative estimate of drug-likeness (QED) is 0.906.